The van der Waals surface area contributed by atoms with Crippen molar-refractivity contribution in [3.05, 3.63) is 83.9 Å². The average Bonchev–Trinajstić information content (AvgIpc) is 3.37. The summed E-state index contributed by atoms with van der Waals surface area (Å²) in [5.74, 6) is -0.769. The number of halogens is 3. The highest BCUT2D eigenvalue weighted by atomic mass is 35.5. The van der Waals surface area contributed by atoms with Gasteiger partial charge in [0.05, 0.1) is 17.6 Å². The van der Waals surface area contributed by atoms with Crippen LogP contribution in [0.3, 0.4) is 0 Å². The lowest BCUT2D eigenvalue weighted by atomic mass is 10.0. The Morgan fingerprint density at radius 3 is 2.81 bits per heavy atom. The number of hydrogen-bond donors (Lipinski definition) is 0. The fourth-order valence-corrected chi connectivity index (χ4v) is 4.23. The van der Waals surface area contributed by atoms with Gasteiger partial charge >= 0.3 is 0 Å². The van der Waals surface area contributed by atoms with Gasteiger partial charge in [0, 0.05) is 41.5 Å². The van der Waals surface area contributed by atoms with E-state index in [1.54, 1.807) is 18.3 Å². The van der Waals surface area contributed by atoms with Gasteiger partial charge in [-0.3, -0.25) is 0 Å². The first-order valence-electron chi connectivity index (χ1n) is 10.7. The monoisotopic (exact) mass is 452 g/mol. The first kappa shape index (κ1) is 20.9. The highest BCUT2D eigenvalue weighted by Gasteiger charge is 2.30. The molecule has 0 spiro atoms. The van der Waals surface area contributed by atoms with Gasteiger partial charge in [0.15, 0.2) is 0 Å². The third-order valence-electron chi connectivity index (χ3n) is 5.90. The molecule has 0 amide bonds. The van der Waals surface area contributed by atoms with Crippen molar-refractivity contribution in [3.63, 3.8) is 0 Å². The number of fused-ring (bicyclic) bond motifs is 1. The van der Waals surface area contributed by atoms with Gasteiger partial charge < -0.3 is 9.13 Å². The van der Waals surface area contributed by atoms with Crippen LogP contribution in [0.25, 0.3) is 22.4 Å². The molecule has 4 nitrogen and oxygen atoms in total. The van der Waals surface area contributed by atoms with Gasteiger partial charge in [-0.1, -0.05) is 35.9 Å². The van der Waals surface area contributed by atoms with E-state index in [0.717, 1.165) is 23.4 Å². The molecule has 2 heterocycles. The number of hydrogen-bond acceptors (Lipinski definition) is 2. The van der Waals surface area contributed by atoms with Gasteiger partial charge in [-0.05, 0) is 43.0 Å². The molecule has 164 valence electrons. The normalized spacial score (nSPS) is 14.2. The number of nitrogens with zero attached hydrogens (tertiary/aromatic N) is 4. The van der Waals surface area contributed by atoms with E-state index in [2.05, 4.69) is 16.1 Å². The number of allylic oxidation sites excluding steroid dienone is 1. The minimum atomic E-state index is -2.97. The molecule has 0 bridgehead atoms. The van der Waals surface area contributed by atoms with Gasteiger partial charge in [0.1, 0.15) is 11.6 Å². The summed E-state index contributed by atoms with van der Waals surface area (Å²) >= 11 is 6.25. The standard InChI is InChI=1S/C25H23ClF2N4/c1-2-10-25(27,28)19-5-3-4-18(13-19)24-29-11-12-31(24)16-23-30-21-9-8-20(26)14-22(21)32(23)15-17-6-7-17/h2-5,8-9,11-14,17H,1,6-7,10,15-16H2. The molecule has 2 aromatic heterocycles. The largest absolute Gasteiger partial charge is 0.326 e. The fourth-order valence-electron chi connectivity index (χ4n) is 4.06. The smallest absolute Gasteiger partial charge is 0.276 e. The maximum Gasteiger partial charge on any atom is 0.276 e. The molecule has 0 unspecified atom stereocenters. The van der Waals surface area contributed by atoms with Crippen LogP contribution in [-0.4, -0.2) is 19.1 Å². The number of benzene rings is 2. The predicted octanol–water partition coefficient (Wildman–Crippen LogP) is 6.68. The molecule has 1 fully saturated rings. The third-order valence-corrected chi connectivity index (χ3v) is 6.13. The molecule has 2 aromatic carbocycles. The van der Waals surface area contributed by atoms with E-state index in [4.69, 9.17) is 16.6 Å². The molecule has 0 aliphatic heterocycles. The Morgan fingerprint density at radius 1 is 1.19 bits per heavy atom. The van der Waals surface area contributed by atoms with Gasteiger partial charge in [0.2, 0.25) is 0 Å². The molecular weight excluding hydrogens is 430 g/mol. The average molecular weight is 453 g/mol. The zero-order chi connectivity index (χ0) is 22.3. The summed E-state index contributed by atoms with van der Waals surface area (Å²) < 4.78 is 33.1. The van der Waals surface area contributed by atoms with Crippen LogP contribution < -0.4 is 0 Å². The van der Waals surface area contributed by atoms with Crippen molar-refractivity contribution in [1.82, 2.24) is 19.1 Å². The van der Waals surface area contributed by atoms with E-state index in [9.17, 15) is 8.78 Å². The molecule has 1 aliphatic rings. The van der Waals surface area contributed by atoms with Crippen molar-refractivity contribution in [1.29, 1.82) is 0 Å². The van der Waals surface area contributed by atoms with Gasteiger partial charge in [0.25, 0.3) is 5.92 Å². The summed E-state index contributed by atoms with van der Waals surface area (Å²) in [6, 6.07) is 12.1. The number of alkyl halides is 2. The Balaban J connectivity index is 1.51. The molecule has 4 aromatic rings. The zero-order valence-corrected chi connectivity index (χ0v) is 18.3. The summed E-state index contributed by atoms with van der Waals surface area (Å²) in [6.07, 6.45) is 6.83. The van der Waals surface area contributed by atoms with Crippen molar-refractivity contribution in [2.75, 3.05) is 0 Å². The second kappa shape index (κ2) is 8.17. The van der Waals surface area contributed by atoms with Crippen LogP contribution in [0, 0.1) is 5.92 Å². The topological polar surface area (TPSA) is 35.6 Å². The van der Waals surface area contributed by atoms with E-state index in [0.29, 0.717) is 28.9 Å². The van der Waals surface area contributed by atoms with E-state index in [1.165, 1.54) is 31.1 Å². The lowest BCUT2D eigenvalue weighted by molar-refractivity contribution is -0.000811. The summed E-state index contributed by atoms with van der Waals surface area (Å²) in [7, 11) is 0. The molecule has 0 N–H and O–H groups in total. The van der Waals surface area contributed by atoms with Crippen molar-refractivity contribution >= 4 is 22.6 Å². The van der Waals surface area contributed by atoms with Crippen LogP contribution in [-0.2, 0) is 19.0 Å². The fraction of sp³-hybridized carbons (Fsp3) is 0.280. The SMILES string of the molecule is C=CCC(F)(F)c1cccc(-c2nccn2Cc2nc3ccc(Cl)cc3n2CC2CC2)c1. The van der Waals surface area contributed by atoms with Crippen molar-refractivity contribution in [3.8, 4) is 11.4 Å². The lowest BCUT2D eigenvalue weighted by Gasteiger charge is -2.16. The highest BCUT2D eigenvalue weighted by Crippen LogP contribution is 2.35. The molecule has 1 saturated carbocycles. The van der Waals surface area contributed by atoms with Crippen LogP contribution in [0.15, 0.2) is 67.5 Å². The Morgan fingerprint density at radius 2 is 2.03 bits per heavy atom. The summed E-state index contributed by atoms with van der Waals surface area (Å²) in [5, 5.41) is 0.682. The Bertz CT molecular complexity index is 1290. The molecule has 7 heteroatoms. The minimum Gasteiger partial charge on any atom is -0.326 e. The van der Waals surface area contributed by atoms with E-state index in [-0.39, 0.29) is 5.56 Å². The molecule has 1 aliphatic carbocycles. The van der Waals surface area contributed by atoms with Crippen LogP contribution in [0.5, 0.6) is 0 Å². The van der Waals surface area contributed by atoms with E-state index >= 15 is 0 Å². The Hall–Kier alpha value is -2.99. The van der Waals surface area contributed by atoms with Crippen molar-refractivity contribution in [2.24, 2.45) is 5.92 Å². The quantitative estimate of drug-likeness (QED) is 0.279. The number of rotatable bonds is 8. The van der Waals surface area contributed by atoms with Crippen molar-refractivity contribution < 1.29 is 8.78 Å². The molecular formula is C25H23ClF2N4. The molecule has 5 rings (SSSR count). The minimum absolute atomic E-state index is 0.0416. The van der Waals surface area contributed by atoms with Gasteiger partial charge in [-0.25, -0.2) is 18.7 Å². The van der Waals surface area contributed by atoms with Gasteiger partial charge in [-0.15, -0.1) is 6.58 Å². The second-order valence-electron chi connectivity index (χ2n) is 8.37. The maximum absolute atomic E-state index is 14.4. The van der Waals surface area contributed by atoms with Crippen molar-refractivity contribution in [2.45, 2.75) is 38.3 Å². The lowest BCUT2D eigenvalue weighted by Crippen LogP contribution is -2.13. The van der Waals surface area contributed by atoms with E-state index in [1.807, 2.05) is 29.0 Å². The summed E-state index contributed by atoms with van der Waals surface area (Å²) in [4.78, 5) is 9.31. The first-order chi connectivity index (χ1) is 15.4. The second-order valence-corrected chi connectivity index (χ2v) is 8.81. The number of imidazole rings is 2. The number of aromatic nitrogens is 4. The summed E-state index contributed by atoms with van der Waals surface area (Å²) in [5.41, 5.74) is 2.52. The van der Waals surface area contributed by atoms with Gasteiger partial charge in [-0.2, -0.15) is 0 Å². The van der Waals surface area contributed by atoms with Crippen LogP contribution >= 0.6 is 11.6 Å². The highest BCUT2D eigenvalue weighted by molar-refractivity contribution is 6.31. The first-order valence-corrected chi connectivity index (χ1v) is 11.1. The summed E-state index contributed by atoms with van der Waals surface area (Å²) in [6.45, 7) is 4.84. The van der Waals surface area contributed by atoms with Crippen LogP contribution in [0.2, 0.25) is 5.02 Å². The third kappa shape index (κ3) is 4.07. The maximum atomic E-state index is 14.4. The molecule has 32 heavy (non-hydrogen) atoms. The van der Waals surface area contributed by atoms with E-state index < -0.39 is 12.3 Å². The predicted molar refractivity (Wildman–Crippen MR) is 123 cm³/mol. The zero-order valence-electron chi connectivity index (χ0n) is 17.5. The molecule has 0 radical (unpaired) electrons. The van der Waals surface area contributed by atoms with Crippen LogP contribution in [0.4, 0.5) is 8.78 Å². The Labute approximate surface area is 190 Å². The molecule has 0 saturated heterocycles. The Kier molecular flexibility index (Phi) is 5.33. The molecule has 0 atom stereocenters. The van der Waals surface area contributed by atoms with Crippen LogP contribution in [0.1, 0.15) is 30.7 Å².